The van der Waals surface area contributed by atoms with Crippen molar-refractivity contribution in [3.05, 3.63) is 83.2 Å². The Morgan fingerprint density at radius 3 is 2.53 bits per heavy atom. The molecule has 1 N–H and O–H groups in total. The summed E-state index contributed by atoms with van der Waals surface area (Å²) in [5.41, 5.74) is 2.10. The summed E-state index contributed by atoms with van der Waals surface area (Å²) in [6, 6.07) is 13.0. The molecule has 0 fully saturated rings. The van der Waals surface area contributed by atoms with E-state index in [1.807, 2.05) is 0 Å². The van der Waals surface area contributed by atoms with Crippen LogP contribution in [0.3, 0.4) is 0 Å². The molecular weight excluding hydrogens is 386 g/mol. The van der Waals surface area contributed by atoms with Crippen molar-refractivity contribution in [2.24, 2.45) is 0 Å². The number of fused-ring (bicyclic) bond motifs is 2. The van der Waals surface area contributed by atoms with Gasteiger partial charge in [0.05, 0.1) is 17.7 Å². The van der Waals surface area contributed by atoms with E-state index in [0.29, 0.717) is 17.2 Å². The third kappa shape index (κ3) is 3.04. The number of ether oxygens (including phenoxy) is 2. The molecule has 2 aliphatic rings. The highest BCUT2D eigenvalue weighted by Crippen LogP contribution is 2.34. The van der Waals surface area contributed by atoms with E-state index in [0.717, 1.165) is 5.56 Å². The van der Waals surface area contributed by atoms with Crippen molar-refractivity contribution in [2.75, 3.05) is 12.1 Å². The lowest BCUT2D eigenvalue weighted by atomic mass is 10.1. The van der Waals surface area contributed by atoms with Gasteiger partial charge >= 0.3 is 0 Å². The number of anilines is 1. The summed E-state index contributed by atoms with van der Waals surface area (Å²) in [5, 5.41) is 2.76. The highest BCUT2D eigenvalue weighted by Gasteiger charge is 2.36. The lowest BCUT2D eigenvalue weighted by Gasteiger charge is -2.13. The molecule has 0 saturated carbocycles. The second kappa shape index (κ2) is 7.00. The summed E-state index contributed by atoms with van der Waals surface area (Å²) in [4.78, 5) is 43.2. The fourth-order valence-electron chi connectivity index (χ4n) is 3.42. The maximum absolute atomic E-state index is 12.8. The van der Waals surface area contributed by atoms with Gasteiger partial charge in [0, 0.05) is 29.7 Å². The molecule has 5 rings (SSSR count). The van der Waals surface area contributed by atoms with E-state index >= 15 is 0 Å². The summed E-state index contributed by atoms with van der Waals surface area (Å²) in [5.74, 6) is -0.0400. The molecule has 0 unspecified atom stereocenters. The van der Waals surface area contributed by atoms with Crippen LogP contribution in [0.4, 0.5) is 5.69 Å². The summed E-state index contributed by atoms with van der Waals surface area (Å²) in [7, 11) is 0. The maximum Gasteiger partial charge on any atom is 0.261 e. The van der Waals surface area contributed by atoms with Crippen LogP contribution in [0.15, 0.2) is 60.9 Å². The Labute approximate surface area is 171 Å². The van der Waals surface area contributed by atoms with Gasteiger partial charge in [-0.2, -0.15) is 0 Å². The van der Waals surface area contributed by atoms with Gasteiger partial charge in [-0.3, -0.25) is 24.3 Å². The molecule has 0 aliphatic carbocycles. The van der Waals surface area contributed by atoms with Crippen LogP contribution in [-0.4, -0.2) is 34.4 Å². The lowest BCUT2D eigenvalue weighted by Crippen LogP contribution is -2.29. The summed E-state index contributed by atoms with van der Waals surface area (Å²) in [6.07, 6.45) is 3.21. The van der Waals surface area contributed by atoms with Crippen LogP contribution in [0.2, 0.25) is 0 Å². The molecule has 30 heavy (non-hydrogen) atoms. The van der Waals surface area contributed by atoms with Crippen molar-refractivity contribution >= 4 is 23.4 Å². The molecular formula is C22H15N3O5. The number of hydrogen-bond donors (Lipinski definition) is 1. The smallest absolute Gasteiger partial charge is 0.261 e. The van der Waals surface area contributed by atoms with Crippen molar-refractivity contribution in [2.45, 2.75) is 6.54 Å². The summed E-state index contributed by atoms with van der Waals surface area (Å²) >= 11 is 0. The van der Waals surface area contributed by atoms with Crippen LogP contribution in [-0.2, 0) is 6.54 Å². The fraction of sp³-hybridized carbons (Fsp3) is 0.0909. The quantitative estimate of drug-likeness (QED) is 0.675. The average molecular weight is 401 g/mol. The minimum Gasteiger partial charge on any atom is -0.454 e. The number of carbonyl (C=O) groups is 3. The van der Waals surface area contributed by atoms with E-state index in [1.54, 1.807) is 42.7 Å². The number of carbonyl (C=O) groups excluding carboxylic acids is 3. The first-order valence-corrected chi connectivity index (χ1v) is 9.20. The Bertz CT molecular complexity index is 1190. The predicted octanol–water partition coefficient (Wildman–Crippen LogP) is 2.86. The number of benzene rings is 2. The first kappa shape index (κ1) is 17.9. The van der Waals surface area contributed by atoms with Gasteiger partial charge in [-0.1, -0.05) is 0 Å². The van der Waals surface area contributed by atoms with Gasteiger partial charge in [0.2, 0.25) is 6.79 Å². The number of aromatic nitrogens is 1. The minimum absolute atomic E-state index is 0.143. The van der Waals surface area contributed by atoms with Crippen molar-refractivity contribution < 1.29 is 23.9 Å². The van der Waals surface area contributed by atoms with Gasteiger partial charge in [-0.05, 0) is 48.0 Å². The molecule has 8 nitrogen and oxygen atoms in total. The van der Waals surface area contributed by atoms with Crippen molar-refractivity contribution in [1.82, 2.24) is 9.88 Å². The number of nitrogens with one attached hydrogen (secondary N) is 1. The second-order valence-electron chi connectivity index (χ2n) is 6.83. The first-order chi connectivity index (χ1) is 14.6. The molecule has 0 spiro atoms. The van der Waals surface area contributed by atoms with Crippen LogP contribution in [0.25, 0.3) is 0 Å². The SMILES string of the molecule is O=C(Nc1ccc2c(c1)OCO2)c1ccc2c(c1)C(=O)N(Cc1ccncc1)C2=O. The van der Waals surface area contributed by atoms with E-state index in [1.165, 1.54) is 23.1 Å². The standard InChI is InChI=1S/C22H15N3O5/c26-20(24-15-2-4-18-19(10-15)30-12-29-18)14-1-3-16-17(9-14)22(28)25(21(16)27)11-13-5-7-23-8-6-13/h1-10H,11-12H2,(H,24,26). The van der Waals surface area contributed by atoms with E-state index in [2.05, 4.69) is 10.3 Å². The van der Waals surface area contributed by atoms with Gasteiger partial charge < -0.3 is 14.8 Å². The summed E-state index contributed by atoms with van der Waals surface area (Å²) in [6.45, 7) is 0.289. The number of amides is 3. The Balaban J connectivity index is 1.37. The number of hydrogen-bond acceptors (Lipinski definition) is 6. The van der Waals surface area contributed by atoms with Gasteiger partial charge in [-0.25, -0.2) is 0 Å². The minimum atomic E-state index is -0.426. The zero-order valence-electron chi connectivity index (χ0n) is 15.6. The largest absolute Gasteiger partial charge is 0.454 e. The number of rotatable bonds is 4. The fourth-order valence-corrected chi connectivity index (χ4v) is 3.42. The number of imide groups is 1. The highest BCUT2D eigenvalue weighted by molar-refractivity contribution is 6.22. The molecule has 3 aromatic rings. The van der Waals surface area contributed by atoms with Crippen LogP contribution in [0, 0.1) is 0 Å². The van der Waals surface area contributed by atoms with Gasteiger partial charge in [0.15, 0.2) is 11.5 Å². The zero-order chi connectivity index (χ0) is 20.7. The Hall–Kier alpha value is -4.20. The first-order valence-electron chi connectivity index (χ1n) is 9.20. The van der Waals surface area contributed by atoms with E-state index in [9.17, 15) is 14.4 Å². The second-order valence-corrected chi connectivity index (χ2v) is 6.83. The van der Waals surface area contributed by atoms with Gasteiger partial charge in [0.25, 0.3) is 17.7 Å². The Kier molecular flexibility index (Phi) is 4.17. The van der Waals surface area contributed by atoms with Crippen molar-refractivity contribution in [3.63, 3.8) is 0 Å². The molecule has 8 heteroatoms. The summed E-state index contributed by atoms with van der Waals surface area (Å²) < 4.78 is 10.6. The maximum atomic E-state index is 12.8. The number of nitrogens with zero attached hydrogens (tertiary/aromatic N) is 2. The third-order valence-electron chi connectivity index (χ3n) is 4.95. The molecule has 0 radical (unpaired) electrons. The van der Waals surface area contributed by atoms with E-state index < -0.39 is 11.8 Å². The Morgan fingerprint density at radius 2 is 1.70 bits per heavy atom. The lowest BCUT2D eigenvalue weighted by molar-refractivity contribution is 0.0642. The molecule has 1 aromatic heterocycles. The van der Waals surface area contributed by atoms with Crippen LogP contribution < -0.4 is 14.8 Å². The number of pyridine rings is 1. The normalized spacial score (nSPS) is 14.1. The molecule has 0 atom stereocenters. The van der Waals surface area contributed by atoms with E-state index in [-0.39, 0.29) is 35.9 Å². The van der Waals surface area contributed by atoms with Gasteiger partial charge in [-0.15, -0.1) is 0 Å². The average Bonchev–Trinajstić information content (AvgIpc) is 3.32. The Morgan fingerprint density at radius 1 is 0.933 bits per heavy atom. The topological polar surface area (TPSA) is 97.8 Å². The molecule has 0 bridgehead atoms. The van der Waals surface area contributed by atoms with Crippen molar-refractivity contribution in [3.8, 4) is 11.5 Å². The van der Waals surface area contributed by atoms with Crippen LogP contribution >= 0.6 is 0 Å². The molecule has 2 aromatic carbocycles. The molecule has 3 amide bonds. The van der Waals surface area contributed by atoms with E-state index in [4.69, 9.17) is 9.47 Å². The van der Waals surface area contributed by atoms with Crippen molar-refractivity contribution in [1.29, 1.82) is 0 Å². The van der Waals surface area contributed by atoms with Crippen LogP contribution in [0.5, 0.6) is 11.5 Å². The van der Waals surface area contributed by atoms with Crippen LogP contribution in [0.1, 0.15) is 36.6 Å². The zero-order valence-corrected chi connectivity index (χ0v) is 15.6. The highest BCUT2D eigenvalue weighted by atomic mass is 16.7. The van der Waals surface area contributed by atoms with Gasteiger partial charge in [0.1, 0.15) is 0 Å². The molecule has 2 aliphatic heterocycles. The predicted molar refractivity (Wildman–Crippen MR) is 105 cm³/mol. The monoisotopic (exact) mass is 401 g/mol. The molecule has 0 saturated heterocycles. The third-order valence-corrected chi connectivity index (χ3v) is 4.95. The molecule has 148 valence electrons. The molecule has 3 heterocycles.